The van der Waals surface area contributed by atoms with E-state index in [0.717, 1.165) is 19.1 Å². The molecule has 1 heterocycles. The molecule has 2 rings (SSSR count). The maximum Gasteiger partial charge on any atom is 0.0594 e. The maximum absolute atomic E-state index is 5.91. The average molecular weight is 367 g/mol. The molecule has 1 saturated heterocycles. The van der Waals surface area contributed by atoms with E-state index in [-0.39, 0.29) is 0 Å². The zero-order chi connectivity index (χ0) is 18.7. The van der Waals surface area contributed by atoms with Crippen LogP contribution >= 0.6 is 0 Å². The minimum atomic E-state index is 0.548. The lowest BCUT2D eigenvalue weighted by atomic mass is 9.61. The Kier molecular flexibility index (Phi) is 10.5. The largest absolute Gasteiger partial charge is 0.377 e. The normalized spacial score (nSPS) is 20.9. The first-order valence-electron chi connectivity index (χ1n) is 11.7. The average Bonchev–Trinajstić information content (AvgIpc) is 2.57. The van der Waals surface area contributed by atoms with Crippen LogP contribution in [0.2, 0.25) is 0 Å². The minimum absolute atomic E-state index is 0.548. The Morgan fingerprint density at radius 1 is 0.962 bits per heavy atom. The Bertz CT molecular complexity index is 346. The number of nitrogens with zero attached hydrogens (tertiary/aromatic N) is 1. The first kappa shape index (κ1) is 22.2. The molecule has 1 atom stereocenters. The summed E-state index contributed by atoms with van der Waals surface area (Å²) in [4.78, 5) is 2.71. The molecule has 0 radical (unpaired) electrons. The van der Waals surface area contributed by atoms with Gasteiger partial charge in [-0.05, 0) is 45.2 Å². The van der Waals surface area contributed by atoms with E-state index in [9.17, 15) is 0 Å². The van der Waals surface area contributed by atoms with Crippen LogP contribution in [0.5, 0.6) is 0 Å². The second kappa shape index (κ2) is 12.4. The summed E-state index contributed by atoms with van der Waals surface area (Å²) in [6.07, 6.45) is 17.5. The molecule has 1 N–H and O–H groups in total. The van der Waals surface area contributed by atoms with E-state index in [4.69, 9.17) is 4.74 Å². The molecule has 1 saturated carbocycles. The molecule has 2 fully saturated rings. The second-order valence-electron chi connectivity index (χ2n) is 9.22. The Morgan fingerprint density at radius 2 is 1.65 bits per heavy atom. The minimum Gasteiger partial charge on any atom is -0.377 e. The van der Waals surface area contributed by atoms with Crippen LogP contribution < -0.4 is 5.32 Å². The van der Waals surface area contributed by atoms with Crippen LogP contribution in [0.4, 0.5) is 0 Å². The van der Waals surface area contributed by atoms with Crippen molar-refractivity contribution in [1.29, 1.82) is 0 Å². The number of likely N-dealkylation sites (tertiary alicyclic amines) is 1. The highest BCUT2D eigenvalue weighted by molar-refractivity contribution is 5.04. The summed E-state index contributed by atoms with van der Waals surface area (Å²) in [6, 6.07) is 0. The summed E-state index contributed by atoms with van der Waals surface area (Å²) in [6.45, 7) is 10.5. The second-order valence-corrected chi connectivity index (χ2v) is 9.22. The molecule has 1 unspecified atom stereocenters. The smallest absolute Gasteiger partial charge is 0.0594 e. The molecule has 154 valence electrons. The van der Waals surface area contributed by atoms with Gasteiger partial charge in [-0.15, -0.1) is 0 Å². The zero-order valence-electron chi connectivity index (χ0n) is 18.0. The molecule has 3 heteroatoms. The quantitative estimate of drug-likeness (QED) is 0.378. The molecule has 1 aliphatic carbocycles. The highest BCUT2D eigenvalue weighted by Crippen LogP contribution is 2.49. The molecule has 1 aliphatic heterocycles. The van der Waals surface area contributed by atoms with Crippen LogP contribution in [0.15, 0.2) is 0 Å². The van der Waals surface area contributed by atoms with Crippen LogP contribution in [0.3, 0.4) is 0 Å². The van der Waals surface area contributed by atoms with Gasteiger partial charge in [0.1, 0.15) is 0 Å². The third-order valence-corrected chi connectivity index (χ3v) is 6.66. The van der Waals surface area contributed by atoms with Crippen molar-refractivity contribution in [1.82, 2.24) is 10.2 Å². The van der Waals surface area contributed by atoms with E-state index in [0.29, 0.717) is 11.5 Å². The van der Waals surface area contributed by atoms with Crippen LogP contribution in [-0.4, -0.2) is 50.8 Å². The predicted octanol–water partition coefficient (Wildman–Crippen LogP) is 5.24. The van der Waals surface area contributed by atoms with Crippen molar-refractivity contribution >= 4 is 0 Å². The molecule has 0 aromatic carbocycles. The Labute approximate surface area is 163 Å². The lowest BCUT2D eigenvalue weighted by Crippen LogP contribution is -2.64. The molecule has 2 aliphatic rings. The molecular formula is C23H46N2O. The molecular weight excluding hydrogens is 320 g/mol. The van der Waals surface area contributed by atoms with E-state index in [1.165, 1.54) is 96.7 Å². The van der Waals surface area contributed by atoms with Crippen LogP contribution in [0.25, 0.3) is 0 Å². The summed E-state index contributed by atoms with van der Waals surface area (Å²) in [5.74, 6) is 0.996. The SMILES string of the molecule is CCCCCCC(CCCC)CCCN1CC2(CC(OCCNC)C2)C1. The number of hydrogen-bond acceptors (Lipinski definition) is 3. The third-order valence-electron chi connectivity index (χ3n) is 6.66. The first-order chi connectivity index (χ1) is 12.7. The number of likely N-dealkylation sites (N-methyl/N-ethyl adjacent to an activating group) is 1. The summed E-state index contributed by atoms with van der Waals surface area (Å²) < 4.78 is 5.91. The number of nitrogens with one attached hydrogen (secondary N) is 1. The standard InChI is InChI=1S/C23H46N2O/c1-4-6-8-9-12-21(11-7-5-2)13-10-15-25-19-23(20-25)17-22(18-23)26-16-14-24-3/h21-22,24H,4-20H2,1-3H3. The molecule has 0 aromatic heterocycles. The summed E-state index contributed by atoms with van der Waals surface area (Å²) in [7, 11) is 1.99. The van der Waals surface area contributed by atoms with Gasteiger partial charge in [0.15, 0.2) is 0 Å². The topological polar surface area (TPSA) is 24.5 Å². The van der Waals surface area contributed by atoms with E-state index >= 15 is 0 Å². The van der Waals surface area contributed by atoms with Crippen molar-refractivity contribution in [2.75, 3.05) is 39.8 Å². The van der Waals surface area contributed by atoms with Gasteiger partial charge in [0.2, 0.25) is 0 Å². The Balaban J connectivity index is 1.51. The molecule has 0 bridgehead atoms. The monoisotopic (exact) mass is 366 g/mol. The zero-order valence-corrected chi connectivity index (χ0v) is 18.0. The van der Waals surface area contributed by atoms with Crippen molar-refractivity contribution in [3.05, 3.63) is 0 Å². The molecule has 0 amide bonds. The van der Waals surface area contributed by atoms with Crippen molar-refractivity contribution < 1.29 is 4.74 Å². The Morgan fingerprint density at radius 3 is 2.35 bits per heavy atom. The number of hydrogen-bond donors (Lipinski definition) is 1. The maximum atomic E-state index is 5.91. The summed E-state index contributed by atoms with van der Waals surface area (Å²) >= 11 is 0. The first-order valence-corrected chi connectivity index (χ1v) is 11.7. The lowest BCUT2D eigenvalue weighted by molar-refractivity contribution is -0.150. The van der Waals surface area contributed by atoms with Crippen LogP contribution in [0, 0.1) is 11.3 Å². The van der Waals surface area contributed by atoms with E-state index in [1.54, 1.807) is 0 Å². The molecule has 3 nitrogen and oxygen atoms in total. The van der Waals surface area contributed by atoms with Gasteiger partial charge < -0.3 is 15.0 Å². The van der Waals surface area contributed by atoms with Crippen molar-refractivity contribution in [3.8, 4) is 0 Å². The Hall–Kier alpha value is -0.120. The third kappa shape index (κ3) is 7.48. The summed E-state index contributed by atoms with van der Waals surface area (Å²) in [5.41, 5.74) is 0.645. The van der Waals surface area contributed by atoms with Crippen LogP contribution in [0.1, 0.15) is 90.9 Å². The van der Waals surface area contributed by atoms with Gasteiger partial charge in [-0.1, -0.05) is 65.2 Å². The van der Waals surface area contributed by atoms with E-state index < -0.39 is 0 Å². The molecule has 1 spiro atoms. The van der Waals surface area contributed by atoms with Gasteiger partial charge in [0.05, 0.1) is 12.7 Å². The van der Waals surface area contributed by atoms with E-state index in [2.05, 4.69) is 24.1 Å². The van der Waals surface area contributed by atoms with Gasteiger partial charge in [-0.2, -0.15) is 0 Å². The van der Waals surface area contributed by atoms with Crippen LogP contribution in [-0.2, 0) is 4.74 Å². The van der Waals surface area contributed by atoms with Gasteiger partial charge in [-0.3, -0.25) is 0 Å². The predicted molar refractivity (Wildman–Crippen MR) is 113 cm³/mol. The van der Waals surface area contributed by atoms with E-state index in [1.807, 2.05) is 7.05 Å². The fraction of sp³-hybridized carbons (Fsp3) is 1.00. The van der Waals surface area contributed by atoms with Gasteiger partial charge in [-0.25, -0.2) is 0 Å². The van der Waals surface area contributed by atoms with Gasteiger partial charge in [0.25, 0.3) is 0 Å². The lowest BCUT2D eigenvalue weighted by Gasteiger charge is -2.59. The van der Waals surface area contributed by atoms with Gasteiger partial charge >= 0.3 is 0 Å². The number of ether oxygens (including phenoxy) is 1. The summed E-state index contributed by atoms with van der Waals surface area (Å²) in [5, 5.41) is 3.16. The van der Waals surface area contributed by atoms with Crippen molar-refractivity contribution in [2.24, 2.45) is 11.3 Å². The number of unbranched alkanes of at least 4 members (excludes halogenated alkanes) is 4. The molecule has 26 heavy (non-hydrogen) atoms. The highest BCUT2D eigenvalue weighted by Gasteiger charge is 2.52. The molecule has 0 aromatic rings. The fourth-order valence-corrected chi connectivity index (χ4v) is 5.06. The number of rotatable bonds is 16. The van der Waals surface area contributed by atoms with Crippen molar-refractivity contribution in [3.63, 3.8) is 0 Å². The fourth-order valence-electron chi connectivity index (χ4n) is 5.06. The van der Waals surface area contributed by atoms with Gasteiger partial charge in [0, 0.05) is 25.0 Å². The highest BCUT2D eigenvalue weighted by atomic mass is 16.5. The van der Waals surface area contributed by atoms with Crippen molar-refractivity contribution in [2.45, 2.75) is 97.0 Å².